The molecule has 0 bridgehead atoms. The Kier molecular flexibility index (Phi) is 4.62. The van der Waals surface area contributed by atoms with Crippen LogP contribution >= 0.6 is 0 Å². The molecule has 2 aliphatic rings. The highest BCUT2D eigenvalue weighted by molar-refractivity contribution is 5.81. The molecule has 2 saturated heterocycles. The van der Waals surface area contributed by atoms with E-state index in [4.69, 9.17) is 0 Å². The normalized spacial score (nSPS) is 22.5. The molecule has 2 heterocycles. The van der Waals surface area contributed by atoms with Crippen LogP contribution in [0.1, 0.15) is 38.7 Å². The number of carbonyl (C=O) groups is 1. The minimum absolute atomic E-state index is 0.265. The Morgan fingerprint density at radius 2 is 1.74 bits per heavy atom. The smallest absolute Gasteiger partial charge is 0.228 e. The summed E-state index contributed by atoms with van der Waals surface area (Å²) in [5.74, 6) is 0.937. The molecule has 0 aromatic heterocycles. The van der Waals surface area contributed by atoms with Crippen LogP contribution in [0.4, 0.5) is 5.69 Å². The van der Waals surface area contributed by atoms with Crippen molar-refractivity contribution in [3.8, 4) is 0 Å². The zero-order valence-electron chi connectivity index (χ0n) is 14.6. The van der Waals surface area contributed by atoms with Crippen LogP contribution < -0.4 is 10.2 Å². The molecule has 0 radical (unpaired) electrons. The van der Waals surface area contributed by atoms with Gasteiger partial charge < -0.3 is 15.1 Å². The first kappa shape index (κ1) is 16.3. The highest BCUT2D eigenvalue weighted by Crippen LogP contribution is 2.26. The summed E-state index contributed by atoms with van der Waals surface area (Å²) in [6.45, 7) is 11.7. The molecule has 4 nitrogen and oxygen atoms in total. The Hall–Kier alpha value is -1.55. The monoisotopic (exact) mass is 315 g/mol. The van der Waals surface area contributed by atoms with Gasteiger partial charge in [-0.05, 0) is 36.6 Å². The number of rotatable bonds is 2. The van der Waals surface area contributed by atoms with Crippen LogP contribution in [0.5, 0.6) is 0 Å². The first-order valence-electron chi connectivity index (χ1n) is 8.80. The first-order valence-corrected chi connectivity index (χ1v) is 8.80. The van der Waals surface area contributed by atoms with Crippen molar-refractivity contribution in [1.29, 1.82) is 0 Å². The van der Waals surface area contributed by atoms with Crippen LogP contribution in [0.15, 0.2) is 24.3 Å². The van der Waals surface area contributed by atoms with Gasteiger partial charge >= 0.3 is 0 Å². The summed E-state index contributed by atoms with van der Waals surface area (Å²) in [6, 6.07) is 9.04. The summed E-state index contributed by atoms with van der Waals surface area (Å²) < 4.78 is 0. The van der Waals surface area contributed by atoms with Gasteiger partial charge in [0.05, 0.1) is 0 Å². The van der Waals surface area contributed by atoms with Crippen LogP contribution in [0, 0.1) is 5.41 Å². The molecule has 23 heavy (non-hydrogen) atoms. The average molecular weight is 315 g/mol. The fourth-order valence-corrected chi connectivity index (χ4v) is 3.54. The van der Waals surface area contributed by atoms with Crippen molar-refractivity contribution in [2.45, 2.75) is 33.1 Å². The first-order chi connectivity index (χ1) is 10.9. The van der Waals surface area contributed by atoms with Gasteiger partial charge in [-0.2, -0.15) is 0 Å². The van der Waals surface area contributed by atoms with E-state index >= 15 is 0 Å². The van der Waals surface area contributed by atoms with E-state index in [0.29, 0.717) is 5.92 Å². The molecular formula is C19H29N3O. The standard InChI is InChI=1S/C19H29N3O/c1-19(2,3)18(23)22-12-10-21(11-13-22)17-6-4-15(5-7-17)16-8-9-20-14-16/h4-7,16,20H,8-14H2,1-3H3. The molecule has 1 aromatic rings. The second-order valence-corrected chi connectivity index (χ2v) is 7.81. The second kappa shape index (κ2) is 6.52. The predicted molar refractivity (Wildman–Crippen MR) is 94.9 cm³/mol. The number of carbonyl (C=O) groups excluding carboxylic acids is 1. The molecule has 1 atom stereocenters. The number of piperazine rings is 1. The van der Waals surface area contributed by atoms with Gasteiger partial charge in [0, 0.05) is 43.8 Å². The quantitative estimate of drug-likeness (QED) is 0.910. The Bertz CT molecular complexity index is 533. The Morgan fingerprint density at radius 3 is 2.26 bits per heavy atom. The number of benzene rings is 1. The van der Waals surface area contributed by atoms with Gasteiger partial charge in [-0.3, -0.25) is 4.79 Å². The van der Waals surface area contributed by atoms with E-state index in [1.165, 1.54) is 17.7 Å². The maximum Gasteiger partial charge on any atom is 0.228 e. The van der Waals surface area contributed by atoms with Crippen molar-refractivity contribution in [2.75, 3.05) is 44.2 Å². The molecule has 2 fully saturated rings. The third kappa shape index (κ3) is 3.69. The minimum atomic E-state index is -0.279. The third-order valence-electron chi connectivity index (χ3n) is 5.00. The maximum absolute atomic E-state index is 12.4. The zero-order chi connectivity index (χ0) is 16.4. The molecule has 0 saturated carbocycles. The largest absolute Gasteiger partial charge is 0.368 e. The highest BCUT2D eigenvalue weighted by atomic mass is 16.2. The molecule has 1 aromatic carbocycles. The molecule has 4 heteroatoms. The number of amides is 1. The fraction of sp³-hybridized carbons (Fsp3) is 0.632. The molecular weight excluding hydrogens is 286 g/mol. The van der Waals surface area contributed by atoms with E-state index in [1.54, 1.807) is 0 Å². The van der Waals surface area contributed by atoms with Crippen molar-refractivity contribution in [1.82, 2.24) is 10.2 Å². The lowest BCUT2D eigenvalue weighted by Gasteiger charge is -2.38. The van der Waals surface area contributed by atoms with Gasteiger partial charge in [-0.25, -0.2) is 0 Å². The second-order valence-electron chi connectivity index (χ2n) is 7.81. The summed E-state index contributed by atoms with van der Waals surface area (Å²) >= 11 is 0. The van der Waals surface area contributed by atoms with Crippen molar-refractivity contribution in [3.05, 3.63) is 29.8 Å². The lowest BCUT2D eigenvalue weighted by molar-refractivity contribution is -0.139. The lowest BCUT2D eigenvalue weighted by Crippen LogP contribution is -2.51. The summed E-state index contributed by atoms with van der Waals surface area (Å²) in [7, 11) is 0. The van der Waals surface area contributed by atoms with Crippen LogP contribution in [0.25, 0.3) is 0 Å². The van der Waals surface area contributed by atoms with E-state index < -0.39 is 0 Å². The topological polar surface area (TPSA) is 35.6 Å². The lowest BCUT2D eigenvalue weighted by atomic mass is 9.94. The molecule has 3 rings (SSSR count). The highest BCUT2D eigenvalue weighted by Gasteiger charge is 2.29. The summed E-state index contributed by atoms with van der Waals surface area (Å²) in [4.78, 5) is 16.8. The van der Waals surface area contributed by atoms with Crippen molar-refractivity contribution < 1.29 is 4.79 Å². The van der Waals surface area contributed by atoms with E-state index in [9.17, 15) is 4.79 Å². The summed E-state index contributed by atoms with van der Waals surface area (Å²) in [6.07, 6.45) is 1.24. The van der Waals surface area contributed by atoms with Crippen LogP contribution in [-0.4, -0.2) is 50.1 Å². The van der Waals surface area contributed by atoms with Gasteiger partial charge in [-0.15, -0.1) is 0 Å². The van der Waals surface area contributed by atoms with Gasteiger partial charge in [0.2, 0.25) is 5.91 Å². The minimum Gasteiger partial charge on any atom is -0.368 e. The van der Waals surface area contributed by atoms with Gasteiger partial charge in [0.1, 0.15) is 0 Å². The summed E-state index contributed by atoms with van der Waals surface area (Å²) in [5.41, 5.74) is 2.45. The predicted octanol–water partition coefficient (Wildman–Crippen LogP) is 2.46. The van der Waals surface area contributed by atoms with Crippen molar-refractivity contribution in [3.63, 3.8) is 0 Å². The maximum atomic E-state index is 12.4. The molecule has 1 unspecified atom stereocenters. The van der Waals surface area contributed by atoms with Crippen molar-refractivity contribution >= 4 is 11.6 Å². The Balaban J connectivity index is 1.58. The van der Waals surface area contributed by atoms with E-state index in [2.05, 4.69) is 34.5 Å². The molecule has 0 aliphatic carbocycles. The zero-order valence-corrected chi connectivity index (χ0v) is 14.6. The third-order valence-corrected chi connectivity index (χ3v) is 5.00. The molecule has 1 amide bonds. The van der Waals surface area contributed by atoms with E-state index in [0.717, 1.165) is 39.3 Å². The molecule has 0 spiro atoms. The van der Waals surface area contributed by atoms with Crippen LogP contribution in [0.3, 0.4) is 0 Å². The van der Waals surface area contributed by atoms with Crippen molar-refractivity contribution in [2.24, 2.45) is 5.41 Å². The average Bonchev–Trinajstić information content (AvgIpc) is 3.08. The molecule has 1 N–H and O–H groups in total. The number of anilines is 1. The Morgan fingerprint density at radius 1 is 1.09 bits per heavy atom. The molecule has 2 aliphatic heterocycles. The number of hydrogen-bond donors (Lipinski definition) is 1. The van der Waals surface area contributed by atoms with E-state index in [1.807, 2.05) is 25.7 Å². The van der Waals surface area contributed by atoms with Gasteiger partial charge in [0.15, 0.2) is 0 Å². The SMILES string of the molecule is CC(C)(C)C(=O)N1CCN(c2ccc(C3CCNC3)cc2)CC1. The summed E-state index contributed by atoms with van der Waals surface area (Å²) in [5, 5.41) is 3.43. The van der Waals surface area contributed by atoms with Crippen LogP contribution in [0.2, 0.25) is 0 Å². The van der Waals surface area contributed by atoms with E-state index in [-0.39, 0.29) is 11.3 Å². The molecule has 126 valence electrons. The van der Waals surface area contributed by atoms with Gasteiger partial charge in [-0.1, -0.05) is 32.9 Å². The Labute approximate surface area is 139 Å². The van der Waals surface area contributed by atoms with Gasteiger partial charge in [0.25, 0.3) is 0 Å². The number of nitrogens with zero attached hydrogens (tertiary/aromatic N) is 2. The number of nitrogens with one attached hydrogen (secondary N) is 1. The van der Waals surface area contributed by atoms with Crippen LogP contribution in [-0.2, 0) is 4.79 Å². The number of hydrogen-bond acceptors (Lipinski definition) is 3. The fourth-order valence-electron chi connectivity index (χ4n) is 3.54.